The van der Waals surface area contributed by atoms with Gasteiger partial charge in [0.1, 0.15) is 17.1 Å². The number of likely N-dealkylation sites (tertiary alicyclic amines) is 1. The van der Waals surface area contributed by atoms with Gasteiger partial charge in [0.2, 0.25) is 0 Å². The molecule has 12 heteroatoms. The van der Waals surface area contributed by atoms with E-state index in [9.17, 15) is 18.0 Å². The molecule has 0 unspecified atom stereocenters. The average Bonchev–Trinajstić information content (AvgIpc) is 3.43. The molecule has 0 atom stereocenters. The minimum Gasteiger partial charge on any atom is -0.496 e. The third-order valence-electron chi connectivity index (χ3n) is 6.62. The summed E-state index contributed by atoms with van der Waals surface area (Å²) in [6.07, 6.45) is 5.71. The third kappa shape index (κ3) is 11.2. The molecule has 1 heterocycles. The first-order valence-corrected chi connectivity index (χ1v) is 15.9. The molecule has 0 bridgehead atoms. The summed E-state index contributed by atoms with van der Waals surface area (Å²) in [4.78, 5) is 27.9. The number of hydrogen-bond acceptors (Lipinski definition) is 10. The lowest BCUT2D eigenvalue weighted by Gasteiger charge is -2.26. The highest BCUT2D eigenvalue weighted by atomic mass is 32.2. The van der Waals surface area contributed by atoms with Crippen LogP contribution >= 0.6 is 0 Å². The number of ether oxygens (including phenoxy) is 5. The smallest absolute Gasteiger partial charge is 0.306 e. The minimum absolute atomic E-state index is 0.170. The Bertz CT molecular complexity index is 1210. The number of esters is 1. The minimum atomic E-state index is -3.81. The molecule has 2 rings (SSSR count). The van der Waals surface area contributed by atoms with Crippen LogP contribution in [0.2, 0.25) is 0 Å². The molecule has 1 saturated heterocycles. The number of rotatable bonds is 16. The van der Waals surface area contributed by atoms with E-state index >= 15 is 0 Å². The van der Waals surface area contributed by atoms with Crippen molar-refractivity contribution in [1.29, 1.82) is 0 Å². The molecule has 1 amide bonds. The van der Waals surface area contributed by atoms with Gasteiger partial charge < -0.3 is 28.6 Å². The summed E-state index contributed by atoms with van der Waals surface area (Å²) in [7, 11) is -0.741. The van der Waals surface area contributed by atoms with Crippen LogP contribution in [-0.4, -0.2) is 84.4 Å². The van der Waals surface area contributed by atoms with Crippen LogP contribution in [0, 0.1) is 6.92 Å². The number of carbonyl (C=O) groups is 2. The van der Waals surface area contributed by atoms with Gasteiger partial charge in [0, 0.05) is 37.7 Å². The zero-order chi connectivity index (χ0) is 31.5. The number of amides is 1. The van der Waals surface area contributed by atoms with E-state index < -0.39 is 15.7 Å². The van der Waals surface area contributed by atoms with E-state index in [0.717, 1.165) is 24.7 Å². The second-order valence-electron chi connectivity index (χ2n) is 11.3. The Hall–Kier alpha value is -2.67. The van der Waals surface area contributed by atoms with Crippen molar-refractivity contribution in [1.82, 2.24) is 4.90 Å². The summed E-state index contributed by atoms with van der Waals surface area (Å²) < 4.78 is 57.0. The van der Waals surface area contributed by atoms with Gasteiger partial charge in [0.15, 0.2) is 6.79 Å². The zero-order valence-electron chi connectivity index (χ0n) is 26.3. The predicted molar refractivity (Wildman–Crippen MR) is 158 cm³/mol. The molecule has 1 fully saturated rings. The molecule has 0 aromatic heterocycles. The van der Waals surface area contributed by atoms with Crippen LogP contribution in [0.5, 0.6) is 11.5 Å². The second kappa shape index (κ2) is 16.3. The lowest BCUT2D eigenvalue weighted by atomic mass is 9.92. The number of methoxy groups -OCH3 is 2. The standard InChI is InChI=1S/C30H47NO10S/c1-21(12-14-25(32)41-30(3,4)5)11-13-23-27(37-7)22(2)24(19-40-42(8,34)35)26(29(33)31-15-9-10-16-31)28(23)39-20-38-18-17-36-6/h11H,9-10,12-20H2,1-8H3/b21-11+. The molecular formula is C30H47NO10S. The fourth-order valence-corrected chi connectivity index (χ4v) is 4.92. The number of carbonyl (C=O) groups excluding carboxylic acids is 2. The van der Waals surface area contributed by atoms with Crippen molar-refractivity contribution >= 4 is 22.0 Å². The molecule has 1 aromatic carbocycles. The summed E-state index contributed by atoms with van der Waals surface area (Å²) in [5.41, 5.74) is 2.16. The van der Waals surface area contributed by atoms with Crippen LogP contribution in [0.3, 0.4) is 0 Å². The molecule has 11 nitrogen and oxygen atoms in total. The van der Waals surface area contributed by atoms with Crippen LogP contribution in [0.25, 0.3) is 0 Å². The van der Waals surface area contributed by atoms with E-state index in [1.165, 1.54) is 7.11 Å². The number of allylic oxidation sites excluding steroid dienone is 2. The molecule has 42 heavy (non-hydrogen) atoms. The van der Waals surface area contributed by atoms with E-state index in [1.807, 2.05) is 33.8 Å². The molecule has 0 saturated carbocycles. The van der Waals surface area contributed by atoms with E-state index in [2.05, 4.69) is 0 Å². The summed E-state index contributed by atoms with van der Waals surface area (Å²) in [5, 5.41) is 0. The Balaban J connectivity index is 2.58. The summed E-state index contributed by atoms with van der Waals surface area (Å²) >= 11 is 0. The van der Waals surface area contributed by atoms with Crippen LogP contribution in [0.15, 0.2) is 11.6 Å². The number of benzene rings is 1. The van der Waals surface area contributed by atoms with Crippen LogP contribution in [-0.2, 0) is 46.3 Å². The molecule has 1 aliphatic heterocycles. The van der Waals surface area contributed by atoms with E-state index in [-0.39, 0.29) is 49.6 Å². The van der Waals surface area contributed by atoms with E-state index in [1.54, 1.807) is 18.9 Å². The quantitative estimate of drug-likeness (QED) is 0.0874. The Morgan fingerprint density at radius 3 is 2.24 bits per heavy atom. The van der Waals surface area contributed by atoms with Gasteiger partial charge in [-0.15, -0.1) is 0 Å². The Labute approximate surface area is 250 Å². The van der Waals surface area contributed by atoms with Crippen LogP contribution in [0.4, 0.5) is 0 Å². The molecule has 238 valence electrons. The lowest BCUT2D eigenvalue weighted by Crippen LogP contribution is -2.30. The van der Waals surface area contributed by atoms with Crippen molar-refractivity contribution < 1.29 is 45.9 Å². The van der Waals surface area contributed by atoms with Crippen molar-refractivity contribution in [2.75, 3.05) is 53.6 Å². The fraction of sp³-hybridized carbons (Fsp3) is 0.667. The van der Waals surface area contributed by atoms with Gasteiger partial charge in [0.25, 0.3) is 16.0 Å². The molecule has 0 radical (unpaired) electrons. The Morgan fingerprint density at radius 2 is 1.67 bits per heavy atom. The van der Waals surface area contributed by atoms with Gasteiger partial charge in [0.05, 0.1) is 38.7 Å². The highest BCUT2D eigenvalue weighted by Gasteiger charge is 2.32. The molecule has 0 spiro atoms. The van der Waals surface area contributed by atoms with Gasteiger partial charge >= 0.3 is 5.97 Å². The summed E-state index contributed by atoms with van der Waals surface area (Å²) in [6, 6.07) is 0. The van der Waals surface area contributed by atoms with Gasteiger partial charge in [-0.2, -0.15) is 8.42 Å². The third-order valence-corrected chi connectivity index (χ3v) is 7.16. The Morgan fingerprint density at radius 1 is 1.00 bits per heavy atom. The zero-order valence-corrected chi connectivity index (χ0v) is 27.1. The predicted octanol–water partition coefficient (Wildman–Crippen LogP) is 4.33. The second-order valence-corrected chi connectivity index (χ2v) is 12.9. The van der Waals surface area contributed by atoms with Crippen molar-refractivity contribution in [3.8, 4) is 11.5 Å². The Kier molecular flexibility index (Phi) is 13.7. The fourth-order valence-electron chi connectivity index (χ4n) is 4.59. The SMILES string of the molecule is COCCOCOc1c(C/C=C(\C)CCC(=O)OC(C)(C)C)c(OC)c(C)c(COS(C)(=O)=O)c1C(=O)N1CCCC1. The molecule has 1 aliphatic rings. The first-order chi connectivity index (χ1) is 19.7. The molecular weight excluding hydrogens is 566 g/mol. The van der Waals surface area contributed by atoms with Crippen LogP contribution in [0.1, 0.15) is 80.4 Å². The maximum atomic E-state index is 14.0. The molecule has 0 N–H and O–H groups in total. The summed E-state index contributed by atoms with van der Waals surface area (Å²) in [5.74, 6) is 0.136. The summed E-state index contributed by atoms with van der Waals surface area (Å²) in [6.45, 7) is 10.4. The average molecular weight is 614 g/mol. The molecule has 1 aromatic rings. The van der Waals surface area contributed by atoms with Crippen LogP contribution < -0.4 is 9.47 Å². The van der Waals surface area contributed by atoms with Gasteiger partial charge in [-0.3, -0.25) is 13.8 Å². The normalized spacial score (nSPS) is 14.3. The van der Waals surface area contributed by atoms with Gasteiger partial charge in [-0.05, 0) is 65.9 Å². The monoisotopic (exact) mass is 613 g/mol. The number of hydrogen-bond donors (Lipinski definition) is 0. The van der Waals surface area contributed by atoms with E-state index in [0.29, 0.717) is 55.0 Å². The first-order valence-electron chi connectivity index (χ1n) is 14.1. The largest absolute Gasteiger partial charge is 0.496 e. The molecule has 0 aliphatic carbocycles. The maximum absolute atomic E-state index is 14.0. The van der Waals surface area contributed by atoms with Gasteiger partial charge in [-0.1, -0.05) is 11.6 Å². The van der Waals surface area contributed by atoms with Crippen molar-refractivity contribution in [2.45, 2.75) is 78.9 Å². The topological polar surface area (TPSA) is 127 Å². The van der Waals surface area contributed by atoms with Gasteiger partial charge in [-0.25, -0.2) is 0 Å². The maximum Gasteiger partial charge on any atom is 0.306 e. The van der Waals surface area contributed by atoms with E-state index in [4.69, 9.17) is 27.9 Å². The first kappa shape index (κ1) is 35.5. The van der Waals surface area contributed by atoms with Crippen molar-refractivity contribution in [2.24, 2.45) is 0 Å². The number of nitrogens with zero attached hydrogens (tertiary/aromatic N) is 1. The highest BCUT2D eigenvalue weighted by molar-refractivity contribution is 7.85. The van der Waals surface area contributed by atoms with Crippen molar-refractivity contribution in [3.05, 3.63) is 33.9 Å². The lowest BCUT2D eigenvalue weighted by molar-refractivity contribution is -0.154. The van der Waals surface area contributed by atoms with Crippen molar-refractivity contribution in [3.63, 3.8) is 0 Å². The highest BCUT2D eigenvalue weighted by Crippen LogP contribution is 2.41.